The Balaban J connectivity index is 2.42. The van der Waals surface area contributed by atoms with Gasteiger partial charge in [0.2, 0.25) is 0 Å². The first-order valence-corrected chi connectivity index (χ1v) is 6.42. The van der Waals surface area contributed by atoms with Crippen LogP contribution in [0.25, 0.3) is 0 Å². The summed E-state index contributed by atoms with van der Waals surface area (Å²) >= 11 is 0. The summed E-state index contributed by atoms with van der Waals surface area (Å²) in [5, 5.41) is 9.36. The van der Waals surface area contributed by atoms with Crippen molar-refractivity contribution in [1.82, 2.24) is 0 Å². The second kappa shape index (κ2) is 6.58. The lowest BCUT2D eigenvalue weighted by Gasteiger charge is -2.19. The minimum absolute atomic E-state index is 0.247. The van der Waals surface area contributed by atoms with Gasteiger partial charge in [0.05, 0.1) is 24.9 Å². The first-order valence-electron chi connectivity index (χ1n) is 6.42. The Labute approximate surface area is 117 Å². The molecule has 1 aromatic heterocycles. The van der Waals surface area contributed by atoms with Gasteiger partial charge in [0.1, 0.15) is 5.76 Å². The van der Waals surface area contributed by atoms with Gasteiger partial charge in [0, 0.05) is 0 Å². The molecule has 1 aromatic carbocycles. The highest BCUT2D eigenvalue weighted by molar-refractivity contribution is 5.77. The fourth-order valence-electron chi connectivity index (χ4n) is 2.14. The molecule has 0 aliphatic heterocycles. The van der Waals surface area contributed by atoms with Gasteiger partial charge < -0.3 is 9.15 Å². The summed E-state index contributed by atoms with van der Waals surface area (Å²) < 4.78 is 10.4. The van der Waals surface area contributed by atoms with E-state index >= 15 is 0 Å². The van der Waals surface area contributed by atoms with Gasteiger partial charge >= 0.3 is 5.97 Å². The van der Waals surface area contributed by atoms with Gasteiger partial charge in [-0.25, -0.2) is 0 Å². The highest BCUT2D eigenvalue weighted by atomic mass is 16.5. The highest BCUT2D eigenvalue weighted by Gasteiger charge is 2.34. The Morgan fingerprint density at radius 1 is 1.30 bits per heavy atom. The third-order valence-corrected chi connectivity index (χ3v) is 3.02. The third kappa shape index (κ3) is 2.89. The van der Waals surface area contributed by atoms with Crippen LogP contribution in [0.2, 0.25) is 0 Å². The molecule has 0 bridgehead atoms. The molecule has 0 aliphatic rings. The number of ether oxygens (including phenoxy) is 1. The molecule has 2 atom stereocenters. The van der Waals surface area contributed by atoms with Crippen LogP contribution in [0.3, 0.4) is 0 Å². The number of hydrogen-bond acceptors (Lipinski definition) is 4. The van der Waals surface area contributed by atoms with E-state index in [0.717, 1.165) is 5.56 Å². The van der Waals surface area contributed by atoms with Crippen molar-refractivity contribution in [3.05, 3.63) is 60.1 Å². The quantitative estimate of drug-likeness (QED) is 0.782. The monoisotopic (exact) mass is 269 g/mol. The van der Waals surface area contributed by atoms with E-state index in [0.29, 0.717) is 5.76 Å². The second-order valence-corrected chi connectivity index (χ2v) is 4.26. The summed E-state index contributed by atoms with van der Waals surface area (Å²) in [5.41, 5.74) is 0.849. The molecule has 0 fully saturated rings. The molecule has 2 aromatic rings. The fourth-order valence-corrected chi connectivity index (χ4v) is 2.14. The topological polar surface area (TPSA) is 63.2 Å². The molecule has 4 heteroatoms. The Bertz CT molecular complexity index is 584. The molecule has 0 aliphatic carbocycles. The normalized spacial score (nSPS) is 13.2. The van der Waals surface area contributed by atoms with Gasteiger partial charge in [-0.2, -0.15) is 5.26 Å². The van der Waals surface area contributed by atoms with E-state index in [9.17, 15) is 10.1 Å². The summed E-state index contributed by atoms with van der Waals surface area (Å²) in [5.74, 6) is -1.34. The van der Waals surface area contributed by atoms with Crippen molar-refractivity contribution >= 4 is 5.97 Å². The zero-order chi connectivity index (χ0) is 14.4. The van der Waals surface area contributed by atoms with E-state index in [1.54, 1.807) is 19.1 Å². The number of benzene rings is 1. The molecule has 0 saturated carbocycles. The molecule has 0 amide bonds. The maximum atomic E-state index is 12.0. The van der Waals surface area contributed by atoms with Crippen molar-refractivity contribution in [3.8, 4) is 6.07 Å². The zero-order valence-corrected chi connectivity index (χ0v) is 11.2. The van der Waals surface area contributed by atoms with Crippen molar-refractivity contribution in [2.45, 2.75) is 12.8 Å². The number of carbonyl (C=O) groups excluding carboxylic acids is 1. The summed E-state index contributed by atoms with van der Waals surface area (Å²) in [6.07, 6.45) is 1.53. The second-order valence-electron chi connectivity index (χ2n) is 4.26. The molecule has 0 radical (unpaired) electrons. The maximum absolute atomic E-state index is 12.0. The largest absolute Gasteiger partial charge is 0.469 e. The Kier molecular flexibility index (Phi) is 4.56. The van der Waals surface area contributed by atoms with E-state index in [-0.39, 0.29) is 6.61 Å². The molecule has 20 heavy (non-hydrogen) atoms. The fraction of sp³-hybridized carbons (Fsp3) is 0.250. The lowest BCUT2D eigenvalue weighted by Crippen LogP contribution is -2.24. The van der Waals surface area contributed by atoms with Crippen LogP contribution in [0.5, 0.6) is 0 Å². The van der Waals surface area contributed by atoms with Crippen LogP contribution >= 0.6 is 0 Å². The standard InChI is InChI=1S/C16H15NO3/c1-2-19-16(18)13(11-17)15(14-9-6-10-20-14)12-7-4-3-5-8-12/h3-10,13,15H,2H2,1H3/t13-,15+/m1/s1. The van der Waals surface area contributed by atoms with E-state index in [1.165, 1.54) is 6.26 Å². The number of nitriles is 1. The summed E-state index contributed by atoms with van der Waals surface area (Å²) in [6, 6.07) is 14.9. The molecule has 0 saturated heterocycles. The smallest absolute Gasteiger partial charge is 0.324 e. The number of esters is 1. The van der Waals surface area contributed by atoms with Crippen LogP contribution in [0.4, 0.5) is 0 Å². The first kappa shape index (κ1) is 13.9. The van der Waals surface area contributed by atoms with Gasteiger partial charge in [0.25, 0.3) is 0 Å². The van der Waals surface area contributed by atoms with Crippen molar-refractivity contribution in [3.63, 3.8) is 0 Å². The van der Waals surface area contributed by atoms with E-state index in [1.807, 2.05) is 36.4 Å². The molecule has 0 spiro atoms. The Hall–Kier alpha value is -2.54. The maximum Gasteiger partial charge on any atom is 0.324 e. The van der Waals surface area contributed by atoms with Crippen LogP contribution in [0.1, 0.15) is 24.2 Å². The predicted octanol–water partition coefficient (Wildman–Crippen LogP) is 3.11. The van der Waals surface area contributed by atoms with Crippen LogP contribution < -0.4 is 0 Å². The van der Waals surface area contributed by atoms with Crippen molar-refractivity contribution in [1.29, 1.82) is 5.26 Å². The third-order valence-electron chi connectivity index (χ3n) is 3.02. The van der Waals surface area contributed by atoms with Gasteiger partial charge in [-0.1, -0.05) is 30.3 Å². The number of furan rings is 1. The van der Waals surface area contributed by atoms with E-state index in [4.69, 9.17) is 9.15 Å². The number of hydrogen-bond donors (Lipinski definition) is 0. The number of carbonyl (C=O) groups is 1. The number of nitrogens with zero attached hydrogens (tertiary/aromatic N) is 1. The highest BCUT2D eigenvalue weighted by Crippen LogP contribution is 2.33. The minimum atomic E-state index is -0.927. The molecule has 0 N–H and O–H groups in total. The Morgan fingerprint density at radius 2 is 2.05 bits per heavy atom. The van der Waals surface area contributed by atoms with Crippen LogP contribution in [-0.2, 0) is 9.53 Å². The summed E-state index contributed by atoms with van der Waals surface area (Å²) in [6.45, 7) is 1.97. The Morgan fingerprint density at radius 3 is 2.60 bits per heavy atom. The minimum Gasteiger partial charge on any atom is -0.469 e. The number of rotatable bonds is 5. The van der Waals surface area contributed by atoms with Crippen molar-refractivity contribution < 1.29 is 13.9 Å². The van der Waals surface area contributed by atoms with Gasteiger partial charge in [-0.15, -0.1) is 0 Å². The SMILES string of the molecule is CCOC(=O)[C@H](C#N)[C@H](c1ccccc1)c1ccco1. The average Bonchev–Trinajstić information content (AvgIpc) is 2.99. The molecule has 4 nitrogen and oxygen atoms in total. The van der Waals surface area contributed by atoms with Gasteiger partial charge in [0.15, 0.2) is 5.92 Å². The summed E-state index contributed by atoms with van der Waals surface area (Å²) in [4.78, 5) is 12.0. The summed E-state index contributed by atoms with van der Waals surface area (Å²) in [7, 11) is 0. The molecule has 102 valence electrons. The average molecular weight is 269 g/mol. The molecule has 0 unspecified atom stereocenters. The zero-order valence-electron chi connectivity index (χ0n) is 11.2. The molecule has 1 heterocycles. The van der Waals surface area contributed by atoms with E-state index in [2.05, 4.69) is 0 Å². The van der Waals surface area contributed by atoms with Crippen LogP contribution in [0.15, 0.2) is 53.1 Å². The van der Waals surface area contributed by atoms with Gasteiger partial charge in [-0.05, 0) is 24.6 Å². The van der Waals surface area contributed by atoms with Gasteiger partial charge in [-0.3, -0.25) is 4.79 Å². The van der Waals surface area contributed by atoms with Crippen molar-refractivity contribution in [2.24, 2.45) is 5.92 Å². The first-order chi connectivity index (χ1) is 9.77. The molecule has 2 rings (SSSR count). The van der Waals surface area contributed by atoms with Crippen LogP contribution in [0, 0.1) is 17.2 Å². The molecular weight excluding hydrogens is 254 g/mol. The molecular formula is C16H15NO3. The van der Waals surface area contributed by atoms with Crippen molar-refractivity contribution in [2.75, 3.05) is 6.61 Å². The van der Waals surface area contributed by atoms with E-state index < -0.39 is 17.8 Å². The lowest BCUT2D eigenvalue weighted by atomic mass is 9.85. The predicted molar refractivity (Wildman–Crippen MR) is 72.7 cm³/mol. The lowest BCUT2D eigenvalue weighted by molar-refractivity contribution is -0.146. The van der Waals surface area contributed by atoms with Crippen LogP contribution in [-0.4, -0.2) is 12.6 Å².